The van der Waals surface area contributed by atoms with E-state index in [9.17, 15) is 0 Å². The lowest BCUT2D eigenvalue weighted by Crippen LogP contribution is -2.51. The van der Waals surface area contributed by atoms with Crippen molar-refractivity contribution in [3.63, 3.8) is 0 Å². The maximum absolute atomic E-state index is 6.07. The summed E-state index contributed by atoms with van der Waals surface area (Å²) in [7, 11) is 0. The second-order valence-electron chi connectivity index (χ2n) is 6.52. The molecule has 2 heterocycles. The van der Waals surface area contributed by atoms with Crippen LogP contribution >= 0.6 is 0 Å². The van der Waals surface area contributed by atoms with Gasteiger partial charge >= 0.3 is 6.01 Å². The number of rotatable bonds is 5. The molecule has 21 heavy (non-hydrogen) atoms. The molecule has 114 valence electrons. The number of nitrogens with zero attached hydrogens (tertiary/aromatic N) is 3. The molecule has 3 aliphatic rings. The molecular formula is C16H23N3O2. The maximum atomic E-state index is 6.07. The summed E-state index contributed by atoms with van der Waals surface area (Å²) >= 11 is 0. The highest BCUT2D eigenvalue weighted by Crippen LogP contribution is 2.38. The molecule has 0 aromatic carbocycles. The van der Waals surface area contributed by atoms with Crippen LogP contribution in [0.1, 0.15) is 25.7 Å². The van der Waals surface area contributed by atoms with Crippen LogP contribution in [0, 0.1) is 11.8 Å². The van der Waals surface area contributed by atoms with Crippen molar-refractivity contribution in [3.05, 3.63) is 18.5 Å². The first-order valence-electron chi connectivity index (χ1n) is 8.15. The number of aromatic nitrogens is 2. The molecule has 2 saturated carbocycles. The Kier molecular flexibility index (Phi) is 3.78. The SMILES string of the molecule is c1cnc(OC[C@@H]2CC[C@H]3[C@H]2OCCN3CC2CC2)nc1. The molecule has 0 spiro atoms. The fourth-order valence-corrected chi connectivity index (χ4v) is 3.72. The summed E-state index contributed by atoms with van der Waals surface area (Å²) in [4.78, 5) is 10.9. The van der Waals surface area contributed by atoms with Crippen LogP contribution in [0.25, 0.3) is 0 Å². The van der Waals surface area contributed by atoms with Gasteiger partial charge in [-0.2, -0.15) is 0 Å². The quantitative estimate of drug-likeness (QED) is 0.826. The monoisotopic (exact) mass is 289 g/mol. The normalized spacial score (nSPS) is 32.9. The lowest BCUT2D eigenvalue weighted by Gasteiger charge is -2.39. The van der Waals surface area contributed by atoms with Gasteiger partial charge in [-0.05, 0) is 37.7 Å². The summed E-state index contributed by atoms with van der Waals surface area (Å²) < 4.78 is 11.8. The maximum Gasteiger partial charge on any atom is 0.316 e. The molecule has 0 unspecified atom stereocenters. The molecule has 1 aliphatic heterocycles. The van der Waals surface area contributed by atoms with E-state index in [1.165, 1.54) is 32.2 Å². The highest BCUT2D eigenvalue weighted by Gasteiger charge is 2.44. The Hall–Kier alpha value is -1.20. The predicted octanol–water partition coefficient (Wildman–Crippen LogP) is 1.74. The van der Waals surface area contributed by atoms with E-state index in [2.05, 4.69) is 14.9 Å². The molecule has 5 nitrogen and oxygen atoms in total. The second kappa shape index (κ2) is 5.89. The van der Waals surface area contributed by atoms with Gasteiger partial charge in [0.1, 0.15) is 0 Å². The van der Waals surface area contributed by atoms with Crippen LogP contribution in [-0.2, 0) is 4.74 Å². The molecule has 5 heteroatoms. The van der Waals surface area contributed by atoms with Crippen molar-refractivity contribution in [1.29, 1.82) is 0 Å². The summed E-state index contributed by atoms with van der Waals surface area (Å²) in [6, 6.07) is 2.88. The summed E-state index contributed by atoms with van der Waals surface area (Å²) in [5, 5.41) is 0. The molecule has 0 radical (unpaired) electrons. The fourth-order valence-electron chi connectivity index (χ4n) is 3.72. The van der Waals surface area contributed by atoms with Gasteiger partial charge < -0.3 is 9.47 Å². The van der Waals surface area contributed by atoms with E-state index < -0.39 is 0 Å². The Morgan fingerprint density at radius 3 is 2.86 bits per heavy atom. The van der Waals surface area contributed by atoms with E-state index in [1.807, 2.05) is 0 Å². The lowest BCUT2D eigenvalue weighted by molar-refractivity contribution is -0.0802. The minimum Gasteiger partial charge on any atom is -0.463 e. The smallest absolute Gasteiger partial charge is 0.316 e. The topological polar surface area (TPSA) is 47.5 Å². The van der Waals surface area contributed by atoms with Gasteiger partial charge in [-0.1, -0.05) is 0 Å². The van der Waals surface area contributed by atoms with Gasteiger partial charge in [0.2, 0.25) is 0 Å². The first-order valence-corrected chi connectivity index (χ1v) is 8.15. The third-order valence-corrected chi connectivity index (χ3v) is 4.99. The molecule has 1 saturated heterocycles. The molecule has 2 aliphatic carbocycles. The lowest BCUT2D eigenvalue weighted by atomic mass is 10.0. The van der Waals surface area contributed by atoms with Gasteiger partial charge in [0.25, 0.3) is 0 Å². The third kappa shape index (κ3) is 3.04. The van der Waals surface area contributed by atoms with Crippen molar-refractivity contribution in [1.82, 2.24) is 14.9 Å². The zero-order valence-corrected chi connectivity index (χ0v) is 12.4. The molecule has 0 N–H and O–H groups in total. The van der Waals surface area contributed by atoms with Crippen molar-refractivity contribution in [3.8, 4) is 6.01 Å². The largest absolute Gasteiger partial charge is 0.463 e. The van der Waals surface area contributed by atoms with Gasteiger partial charge in [-0.15, -0.1) is 0 Å². The standard InChI is InChI=1S/C16H23N3O2/c1-6-17-16(18-7-1)21-11-13-4-5-14-15(13)20-9-8-19(14)10-12-2-3-12/h1,6-7,12-15H,2-5,8-11H2/t13-,14-,15-/m0/s1. The molecule has 1 aromatic rings. The van der Waals surface area contributed by atoms with Gasteiger partial charge in [-0.3, -0.25) is 4.90 Å². The van der Waals surface area contributed by atoms with Crippen LogP contribution in [0.5, 0.6) is 6.01 Å². The second-order valence-corrected chi connectivity index (χ2v) is 6.52. The van der Waals surface area contributed by atoms with Crippen LogP contribution in [0.4, 0.5) is 0 Å². The zero-order valence-electron chi connectivity index (χ0n) is 12.4. The summed E-state index contributed by atoms with van der Waals surface area (Å²) in [6.07, 6.45) is 9.04. The van der Waals surface area contributed by atoms with E-state index in [-0.39, 0.29) is 0 Å². The molecule has 3 atom stereocenters. The van der Waals surface area contributed by atoms with E-state index in [1.54, 1.807) is 18.5 Å². The minimum absolute atomic E-state index is 0.334. The van der Waals surface area contributed by atoms with Crippen molar-refractivity contribution in [2.45, 2.75) is 37.8 Å². The number of hydrogen-bond donors (Lipinski definition) is 0. The van der Waals surface area contributed by atoms with E-state index in [0.717, 1.165) is 19.1 Å². The van der Waals surface area contributed by atoms with Gasteiger partial charge in [0.05, 0.1) is 19.3 Å². The van der Waals surface area contributed by atoms with Crippen molar-refractivity contribution in [2.24, 2.45) is 11.8 Å². The highest BCUT2D eigenvalue weighted by molar-refractivity contribution is 4.98. The van der Waals surface area contributed by atoms with Crippen molar-refractivity contribution in [2.75, 3.05) is 26.3 Å². The number of fused-ring (bicyclic) bond motifs is 1. The van der Waals surface area contributed by atoms with Crippen LogP contribution in [0.2, 0.25) is 0 Å². The van der Waals surface area contributed by atoms with Crippen LogP contribution in [0.15, 0.2) is 18.5 Å². The van der Waals surface area contributed by atoms with Crippen LogP contribution in [0.3, 0.4) is 0 Å². The van der Waals surface area contributed by atoms with Crippen LogP contribution < -0.4 is 4.74 Å². The van der Waals surface area contributed by atoms with E-state index in [4.69, 9.17) is 9.47 Å². The average molecular weight is 289 g/mol. The van der Waals surface area contributed by atoms with Gasteiger partial charge in [0.15, 0.2) is 0 Å². The highest BCUT2D eigenvalue weighted by atomic mass is 16.5. The first-order chi connectivity index (χ1) is 10.4. The number of hydrogen-bond acceptors (Lipinski definition) is 5. The average Bonchev–Trinajstić information content (AvgIpc) is 3.24. The molecule has 1 aromatic heterocycles. The molecule has 0 amide bonds. The Morgan fingerprint density at radius 1 is 1.19 bits per heavy atom. The Labute approximate surface area is 125 Å². The van der Waals surface area contributed by atoms with Crippen molar-refractivity contribution >= 4 is 0 Å². The van der Waals surface area contributed by atoms with Gasteiger partial charge in [0, 0.05) is 37.4 Å². The zero-order chi connectivity index (χ0) is 14.1. The molecule has 0 bridgehead atoms. The molecule has 4 rings (SSSR count). The summed E-state index contributed by atoms with van der Waals surface area (Å²) in [5.74, 6) is 1.43. The predicted molar refractivity (Wildman–Crippen MR) is 78.1 cm³/mol. The summed E-state index contributed by atoms with van der Waals surface area (Å²) in [6.45, 7) is 3.92. The molecule has 3 fully saturated rings. The summed E-state index contributed by atoms with van der Waals surface area (Å²) in [5.41, 5.74) is 0. The third-order valence-electron chi connectivity index (χ3n) is 4.99. The number of ether oxygens (including phenoxy) is 2. The minimum atomic E-state index is 0.334. The Balaban J connectivity index is 1.34. The number of morpholine rings is 1. The molecular weight excluding hydrogens is 266 g/mol. The fraction of sp³-hybridized carbons (Fsp3) is 0.750. The van der Waals surface area contributed by atoms with Crippen molar-refractivity contribution < 1.29 is 9.47 Å². The van der Waals surface area contributed by atoms with Gasteiger partial charge in [-0.25, -0.2) is 9.97 Å². The Morgan fingerprint density at radius 2 is 2.05 bits per heavy atom. The Bertz CT molecular complexity index is 466. The van der Waals surface area contributed by atoms with Crippen LogP contribution in [-0.4, -0.2) is 53.3 Å². The first kappa shape index (κ1) is 13.5. The van der Waals surface area contributed by atoms with E-state index in [0.29, 0.717) is 30.7 Å². The van der Waals surface area contributed by atoms with E-state index >= 15 is 0 Å².